The number of fused-ring (bicyclic) bond motifs is 1. The molecule has 2 heterocycles. The van der Waals surface area contributed by atoms with Gasteiger partial charge in [-0.05, 0) is 12.1 Å². The molecule has 6 heteroatoms. The van der Waals surface area contributed by atoms with Crippen molar-refractivity contribution in [2.45, 2.75) is 19.4 Å². The minimum Gasteiger partial charge on any atom is -0.481 e. The number of rotatable bonds is 6. The average Bonchev–Trinajstić information content (AvgIpc) is 2.71. The lowest BCUT2D eigenvalue weighted by atomic mass is 10.3. The monoisotopic (exact) mass is 249 g/mol. The minimum absolute atomic E-state index is 0.0658. The van der Waals surface area contributed by atoms with Crippen LogP contribution in [0.3, 0.4) is 0 Å². The molecular formula is C12H15N3O3. The lowest BCUT2D eigenvalue weighted by molar-refractivity contribution is -0.137. The largest absolute Gasteiger partial charge is 0.481 e. The van der Waals surface area contributed by atoms with Gasteiger partial charge in [0.2, 0.25) is 0 Å². The van der Waals surface area contributed by atoms with E-state index in [1.54, 1.807) is 13.3 Å². The van der Waals surface area contributed by atoms with E-state index in [1.165, 1.54) is 0 Å². The molecule has 0 aliphatic rings. The summed E-state index contributed by atoms with van der Waals surface area (Å²) in [5.41, 5.74) is 1.56. The highest BCUT2D eigenvalue weighted by atomic mass is 16.5. The summed E-state index contributed by atoms with van der Waals surface area (Å²) in [4.78, 5) is 19.3. The highest BCUT2D eigenvalue weighted by Crippen LogP contribution is 2.14. The first-order chi connectivity index (χ1) is 8.72. The van der Waals surface area contributed by atoms with Crippen molar-refractivity contribution in [3.63, 3.8) is 0 Å². The van der Waals surface area contributed by atoms with E-state index in [2.05, 4.69) is 9.97 Å². The smallest absolute Gasteiger partial charge is 0.303 e. The molecule has 0 aliphatic heterocycles. The number of methoxy groups -OCH3 is 1. The first-order valence-corrected chi connectivity index (χ1v) is 5.73. The van der Waals surface area contributed by atoms with Crippen molar-refractivity contribution in [2.75, 3.05) is 13.7 Å². The Hall–Kier alpha value is -1.95. The predicted molar refractivity (Wildman–Crippen MR) is 65.4 cm³/mol. The second kappa shape index (κ2) is 5.59. The Kier molecular flexibility index (Phi) is 3.88. The standard InChI is InChI=1S/C12H15N3O3/c1-18-8-7-15-10(4-5-11(16)17)14-9-3-2-6-13-12(9)15/h2-3,6H,4-5,7-8H2,1H3,(H,16,17). The van der Waals surface area contributed by atoms with Crippen molar-refractivity contribution in [3.05, 3.63) is 24.2 Å². The summed E-state index contributed by atoms with van der Waals surface area (Å²) >= 11 is 0. The molecule has 6 nitrogen and oxygen atoms in total. The highest BCUT2D eigenvalue weighted by molar-refractivity contribution is 5.71. The molecule has 0 unspecified atom stereocenters. The van der Waals surface area contributed by atoms with Crippen LogP contribution in [0, 0.1) is 0 Å². The molecule has 18 heavy (non-hydrogen) atoms. The Morgan fingerprint density at radius 1 is 1.56 bits per heavy atom. The zero-order valence-corrected chi connectivity index (χ0v) is 10.2. The van der Waals surface area contributed by atoms with Crippen molar-refractivity contribution in [2.24, 2.45) is 0 Å². The number of imidazole rings is 1. The molecule has 2 rings (SSSR count). The molecule has 0 fully saturated rings. The highest BCUT2D eigenvalue weighted by Gasteiger charge is 2.12. The van der Waals surface area contributed by atoms with Crippen LogP contribution in [0.4, 0.5) is 0 Å². The number of aliphatic carboxylic acids is 1. The van der Waals surface area contributed by atoms with E-state index in [9.17, 15) is 4.79 Å². The molecular weight excluding hydrogens is 234 g/mol. The Bertz CT molecular complexity index is 550. The molecule has 96 valence electrons. The Morgan fingerprint density at radius 2 is 2.39 bits per heavy atom. The van der Waals surface area contributed by atoms with E-state index in [0.29, 0.717) is 19.6 Å². The lowest BCUT2D eigenvalue weighted by Crippen LogP contribution is -2.10. The normalized spacial score (nSPS) is 10.9. The third-order valence-corrected chi connectivity index (χ3v) is 2.66. The van der Waals surface area contributed by atoms with E-state index >= 15 is 0 Å². The summed E-state index contributed by atoms with van der Waals surface area (Å²) in [6.45, 7) is 1.17. The third-order valence-electron chi connectivity index (χ3n) is 2.66. The first kappa shape index (κ1) is 12.5. The summed E-state index contributed by atoms with van der Waals surface area (Å²) in [5, 5.41) is 8.74. The third kappa shape index (κ3) is 2.65. The lowest BCUT2D eigenvalue weighted by Gasteiger charge is -2.06. The molecule has 0 bridgehead atoms. The topological polar surface area (TPSA) is 77.2 Å². The predicted octanol–water partition coefficient (Wildman–Crippen LogP) is 1.09. The van der Waals surface area contributed by atoms with Crippen molar-refractivity contribution < 1.29 is 14.6 Å². The molecule has 1 N–H and O–H groups in total. The quantitative estimate of drug-likeness (QED) is 0.829. The van der Waals surface area contributed by atoms with Crippen LogP contribution in [0.2, 0.25) is 0 Å². The molecule has 0 radical (unpaired) electrons. The van der Waals surface area contributed by atoms with E-state index < -0.39 is 5.97 Å². The summed E-state index contributed by atoms with van der Waals surface area (Å²) < 4.78 is 6.97. The molecule has 0 amide bonds. The van der Waals surface area contributed by atoms with Crippen LogP contribution in [-0.4, -0.2) is 39.3 Å². The zero-order valence-electron chi connectivity index (χ0n) is 10.2. The molecule has 0 spiro atoms. The first-order valence-electron chi connectivity index (χ1n) is 5.73. The fourth-order valence-electron chi connectivity index (χ4n) is 1.83. The molecule has 2 aromatic rings. The van der Waals surface area contributed by atoms with Crippen LogP contribution in [0.5, 0.6) is 0 Å². The number of hydrogen-bond acceptors (Lipinski definition) is 4. The van der Waals surface area contributed by atoms with Crippen molar-refractivity contribution >= 4 is 17.1 Å². The Morgan fingerprint density at radius 3 is 3.11 bits per heavy atom. The van der Waals surface area contributed by atoms with Crippen LogP contribution in [0.25, 0.3) is 11.2 Å². The van der Waals surface area contributed by atoms with Crippen LogP contribution in [0.15, 0.2) is 18.3 Å². The van der Waals surface area contributed by atoms with Gasteiger partial charge in [-0.2, -0.15) is 0 Å². The number of nitrogens with zero attached hydrogens (tertiary/aromatic N) is 3. The number of carboxylic acids is 1. The average molecular weight is 249 g/mol. The minimum atomic E-state index is -0.826. The van der Waals surface area contributed by atoms with Crippen LogP contribution >= 0.6 is 0 Å². The fourth-order valence-corrected chi connectivity index (χ4v) is 1.83. The molecule has 0 aliphatic carbocycles. The molecule has 0 saturated heterocycles. The van der Waals surface area contributed by atoms with E-state index in [1.807, 2.05) is 16.7 Å². The van der Waals surface area contributed by atoms with Gasteiger partial charge in [0.1, 0.15) is 11.3 Å². The molecule has 0 aromatic carbocycles. The van der Waals surface area contributed by atoms with Gasteiger partial charge in [0.25, 0.3) is 0 Å². The molecule has 0 saturated carbocycles. The Balaban J connectivity index is 2.33. The van der Waals surface area contributed by atoms with Crippen LogP contribution < -0.4 is 0 Å². The van der Waals surface area contributed by atoms with Gasteiger partial charge < -0.3 is 14.4 Å². The molecule has 2 aromatic heterocycles. The number of ether oxygens (including phenoxy) is 1. The summed E-state index contributed by atoms with van der Waals surface area (Å²) in [5.74, 6) is -0.0866. The number of hydrogen-bond donors (Lipinski definition) is 1. The van der Waals surface area contributed by atoms with Gasteiger partial charge in [-0.15, -0.1) is 0 Å². The van der Waals surface area contributed by atoms with Gasteiger partial charge >= 0.3 is 5.97 Å². The fraction of sp³-hybridized carbons (Fsp3) is 0.417. The second-order valence-corrected chi connectivity index (χ2v) is 3.91. The van der Waals surface area contributed by atoms with E-state index in [0.717, 1.165) is 17.0 Å². The maximum Gasteiger partial charge on any atom is 0.303 e. The van der Waals surface area contributed by atoms with Crippen LogP contribution in [0.1, 0.15) is 12.2 Å². The maximum absolute atomic E-state index is 10.6. The number of aryl methyl sites for hydroxylation is 1. The Labute approximate surface area is 104 Å². The van der Waals surface area contributed by atoms with E-state index in [-0.39, 0.29) is 6.42 Å². The van der Waals surface area contributed by atoms with Crippen molar-refractivity contribution in [1.82, 2.24) is 14.5 Å². The summed E-state index contributed by atoms with van der Waals surface area (Å²) in [6.07, 6.45) is 2.17. The maximum atomic E-state index is 10.6. The van der Waals surface area contributed by atoms with Crippen molar-refractivity contribution in [1.29, 1.82) is 0 Å². The number of carbonyl (C=O) groups is 1. The van der Waals surface area contributed by atoms with Crippen LogP contribution in [-0.2, 0) is 22.5 Å². The summed E-state index contributed by atoms with van der Waals surface area (Å²) in [6, 6.07) is 3.69. The van der Waals surface area contributed by atoms with Gasteiger partial charge in [-0.1, -0.05) is 0 Å². The SMILES string of the molecule is COCCn1c(CCC(=O)O)nc2cccnc21. The number of aromatic nitrogens is 3. The zero-order chi connectivity index (χ0) is 13.0. The molecule has 0 atom stereocenters. The van der Waals surface area contributed by atoms with Gasteiger partial charge in [0.05, 0.1) is 13.0 Å². The number of carboxylic acid groups (broad SMARTS) is 1. The summed E-state index contributed by atoms with van der Waals surface area (Å²) in [7, 11) is 1.63. The van der Waals surface area contributed by atoms with Gasteiger partial charge in [-0.25, -0.2) is 9.97 Å². The van der Waals surface area contributed by atoms with Gasteiger partial charge in [-0.3, -0.25) is 4.79 Å². The second-order valence-electron chi connectivity index (χ2n) is 3.91. The van der Waals surface area contributed by atoms with Gasteiger partial charge in [0, 0.05) is 26.3 Å². The van der Waals surface area contributed by atoms with Gasteiger partial charge in [0.15, 0.2) is 5.65 Å². The van der Waals surface area contributed by atoms with Crippen molar-refractivity contribution in [3.8, 4) is 0 Å². The van der Waals surface area contributed by atoms with E-state index in [4.69, 9.17) is 9.84 Å². The number of pyridine rings is 1.